The number of likely N-dealkylation sites (tertiary alicyclic amines) is 1. The number of benzene rings is 2. The highest BCUT2D eigenvalue weighted by Gasteiger charge is 2.35. The molecule has 0 N–H and O–H groups in total. The molecule has 1 aliphatic rings. The van der Waals surface area contributed by atoms with E-state index in [0.29, 0.717) is 32.4 Å². The van der Waals surface area contributed by atoms with Crippen molar-refractivity contribution in [3.63, 3.8) is 0 Å². The molecule has 1 aliphatic heterocycles. The lowest BCUT2D eigenvalue weighted by Gasteiger charge is -2.20. The Bertz CT molecular complexity index is 687. The van der Waals surface area contributed by atoms with E-state index in [2.05, 4.69) is 0 Å². The van der Waals surface area contributed by atoms with Crippen LogP contribution in [-0.2, 0) is 27.4 Å². The lowest BCUT2D eigenvalue weighted by atomic mass is 10.1. The molecule has 0 aromatic heterocycles. The molecule has 4 heteroatoms. The summed E-state index contributed by atoms with van der Waals surface area (Å²) < 4.78 is 5.91. The third-order valence-electron chi connectivity index (χ3n) is 4.58. The van der Waals surface area contributed by atoms with Gasteiger partial charge in [0.25, 0.3) is 0 Å². The van der Waals surface area contributed by atoms with Crippen LogP contribution < -0.4 is 0 Å². The molecule has 25 heavy (non-hydrogen) atoms. The van der Waals surface area contributed by atoms with Crippen LogP contribution in [0, 0.1) is 0 Å². The van der Waals surface area contributed by atoms with Gasteiger partial charge in [0.05, 0.1) is 18.8 Å². The lowest BCUT2D eigenvalue weighted by molar-refractivity contribution is -0.134. The second-order valence-electron chi connectivity index (χ2n) is 6.39. The van der Waals surface area contributed by atoms with Crippen LogP contribution in [0.5, 0.6) is 0 Å². The van der Waals surface area contributed by atoms with Gasteiger partial charge in [-0.15, -0.1) is 0 Å². The molecule has 1 amide bonds. The van der Waals surface area contributed by atoms with E-state index in [1.807, 2.05) is 60.7 Å². The van der Waals surface area contributed by atoms with Gasteiger partial charge in [0, 0.05) is 19.4 Å². The second kappa shape index (κ2) is 8.58. The molecule has 4 nitrogen and oxygen atoms in total. The fourth-order valence-electron chi connectivity index (χ4n) is 3.19. The molecule has 2 aromatic rings. The van der Waals surface area contributed by atoms with Gasteiger partial charge in [0.2, 0.25) is 5.91 Å². The van der Waals surface area contributed by atoms with Gasteiger partial charge in [-0.2, -0.15) is 0 Å². The average Bonchev–Trinajstić information content (AvgIpc) is 3.09. The summed E-state index contributed by atoms with van der Waals surface area (Å²) in [6.07, 6.45) is 2.47. The fraction of sp³-hybridized carbons (Fsp3) is 0.333. The van der Waals surface area contributed by atoms with Crippen LogP contribution >= 0.6 is 0 Å². The fourth-order valence-corrected chi connectivity index (χ4v) is 3.19. The maximum absolute atomic E-state index is 12.5. The minimum absolute atomic E-state index is 0.0202. The summed E-state index contributed by atoms with van der Waals surface area (Å²) >= 11 is 0. The summed E-state index contributed by atoms with van der Waals surface area (Å²) in [5.74, 6) is 0.0202. The summed E-state index contributed by atoms with van der Waals surface area (Å²) in [6, 6.07) is 19.5. The van der Waals surface area contributed by atoms with Crippen LogP contribution in [0.15, 0.2) is 60.7 Å². The number of amides is 1. The molecule has 1 heterocycles. The van der Waals surface area contributed by atoms with Crippen molar-refractivity contribution in [2.75, 3.05) is 6.54 Å². The Kier molecular flexibility index (Phi) is 5.96. The Morgan fingerprint density at radius 1 is 1.04 bits per heavy atom. The SMILES string of the molecule is O=CC1C[C@@H](OCc2ccccc2)CN1C(=O)CCc1ccccc1. The number of rotatable bonds is 7. The van der Waals surface area contributed by atoms with Crippen molar-refractivity contribution in [1.29, 1.82) is 0 Å². The van der Waals surface area contributed by atoms with E-state index < -0.39 is 0 Å². The largest absolute Gasteiger partial charge is 0.372 e. The summed E-state index contributed by atoms with van der Waals surface area (Å²) in [5.41, 5.74) is 2.23. The van der Waals surface area contributed by atoms with E-state index in [9.17, 15) is 9.59 Å². The summed E-state index contributed by atoms with van der Waals surface area (Å²) in [4.78, 5) is 25.6. The first-order chi connectivity index (χ1) is 12.3. The highest BCUT2D eigenvalue weighted by atomic mass is 16.5. The maximum Gasteiger partial charge on any atom is 0.223 e. The Morgan fingerprint density at radius 3 is 2.32 bits per heavy atom. The summed E-state index contributed by atoms with van der Waals surface area (Å²) in [6.45, 7) is 0.993. The van der Waals surface area contributed by atoms with Crippen molar-refractivity contribution in [3.8, 4) is 0 Å². The maximum atomic E-state index is 12.5. The number of aldehydes is 1. The number of ether oxygens (including phenoxy) is 1. The molecule has 2 atom stereocenters. The number of carbonyl (C=O) groups excluding carboxylic acids is 2. The molecule has 0 spiro atoms. The number of nitrogens with zero attached hydrogens (tertiary/aromatic N) is 1. The zero-order valence-corrected chi connectivity index (χ0v) is 14.2. The molecule has 3 rings (SSSR count). The molecule has 0 bridgehead atoms. The van der Waals surface area contributed by atoms with Gasteiger partial charge in [-0.25, -0.2) is 0 Å². The van der Waals surface area contributed by atoms with E-state index in [1.54, 1.807) is 4.90 Å². The molecule has 0 radical (unpaired) electrons. The zero-order chi connectivity index (χ0) is 17.5. The molecule has 0 aliphatic carbocycles. The minimum atomic E-state index is -0.371. The number of hydrogen-bond acceptors (Lipinski definition) is 3. The Labute approximate surface area is 148 Å². The standard InChI is InChI=1S/C21H23NO3/c23-15-19-13-20(25-16-18-9-5-2-6-10-18)14-22(19)21(24)12-11-17-7-3-1-4-8-17/h1-10,15,19-20H,11-14,16H2/t19?,20-/m1/s1. The molecule has 1 unspecified atom stereocenters. The first-order valence-electron chi connectivity index (χ1n) is 8.70. The Hall–Kier alpha value is -2.46. The van der Waals surface area contributed by atoms with Gasteiger partial charge >= 0.3 is 0 Å². The van der Waals surface area contributed by atoms with Crippen LogP contribution in [0.2, 0.25) is 0 Å². The van der Waals surface area contributed by atoms with Crippen molar-refractivity contribution in [3.05, 3.63) is 71.8 Å². The molecular formula is C21H23NO3. The van der Waals surface area contributed by atoms with Crippen LogP contribution in [0.3, 0.4) is 0 Å². The first-order valence-corrected chi connectivity index (χ1v) is 8.70. The van der Waals surface area contributed by atoms with Gasteiger partial charge < -0.3 is 14.4 Å². The van der Waals surface area contributed by atoms with Crippen LogP contribution in [0.4, 0.5) is 0 Å². The first kappa shape index (κ1) is 17.4. The van der Waals surface area contributed by atoms with Crippen molar-refractivity contribution >= 4 is 12.2 Å². The number of carbonyl (C=O) groups is 2. The molecule has 2 aromatic carbocycles. The van der Waals surface area contributed by atoms with Gasteiger partial charge in [-0.1, -0.05) is 60.7 Å². The number of hydrogen-bond donors (Lipinski definition) is 0. The predicted octanol–water partition coefficient (Wildman–Crippen LogP) is 3.00. The van der Waals surface area contributed by atoms with Crippen molar-refractivity contribution < 1.29 is 14.3 Å². The normalized spacial score (nSPS) is 19.8. The zero-order valence-electron chi connectivity index (χ0n) is 14.2. The Balaban J connectivity index is 1.52. The quantitative estimate of drug-likeness (QED) is 0.730. The van der Waals surface area contributed by atoms with E-state index in [0.717, 1.165) is 17.4 Å². The molecule has 1 saturated heterocycles. The van der Waals surface area contributed by atoms with Gasteiger partial charge in [-0.3, -0.25) is 4.79 Å². The topological polar surface area (TPSA) is 46.6 Å². The second-order valence-corrected chi connectivity index (χ2v) is 6.39. The molecule has 0 saturated carbocycles. The monoisotopic (exact) mass is 337 g/mol. The van der Waals surface area contributed by atoms with Crippen molar-refractivity contribution in [2.24, 2.45) is 0 Å². The predicted molar refractivity (Wildman–Crippen MR) is 96.0 cm³/mol. The highest BCUT2D eigenvalue weighted by Crippen LogP contribution is 2.21. The molecular weight excluding hydrogens is 314 g/mol. The highest BCUT2D eigenvalue weighted by molar-refractivity contribution is 5.80. The average molecular weight is 337 g/mol. The van der Waals surface area contributed by atoms with Gasteiger partial charge in [-0.05, 0) is 17.5 Å². The smallest absolute Gasteiger partial charge is 0.223 e. The number of aryl methyl sites for hydroxylation is 1. The van der Waals surface area contributed by atoms with E-state index in [-0.39, 0.29) is 18.1 Å². The van der Waals surface area contributed by atoms with Gasteiger partial charge in [0.1, 0.15) is 6.29 Å². The third kappa shape index (κ3) is 4.77. The summed E-state index contributed by atoms with van der Waals surface area (Å²) in [5, 5.41) is 0. The minimum Gasteiger partial charge on any atom is -0.372 e. The van der Waals surface area contributed by atoms with Crippen molar-refractivity contribution in [1.82, 2.24) is 4.90 Å². The van der Waals surface area contributed by atoms with Crippen LogP contribution in [0.1, 0.15) is 24.0 Å². The summed E-state index contributed by atoms with van der Waals surface area (Å²) in [7, 11) is 0. The lowest BCUT2D eigenvalue weighted by Crippen LogP contribution is -2.37. The van der Waals surface area contributed by atoms with Crippen LogP contribution in [0.25, 0.3) is 0 Å². The van der Waals surface area contributed by atoms with E-state index >= 15 is 0 Å². The molecule has 130 valence electrons. The van der Waals surface area contributed by atoms with Crippen LogP contribution in [-0.4, -0.2) is 35.8 Å². The van der Waals surface area contributed by atoms with Crippen molar-refractivity contribution in [2.45, 2.75) is 38.0 Å². The third-order valence-corrected chi connectivity index (χ3v) is 4.58. The van der Waals surface area contributed by atoms with E-state index in [1.165, 1.54) is 0 Å². The van der Waals surface area contributed by atoms with Gasteiger partial charge in [0.15, 0.2) is 0 Å². The van der Waals surface area contributed by atoms with E-state index in [4.69, 9.17) is 4.74 Å². The Morgan fingerprint density at radius 2 is 1.68 bits per heavy atom. The molecule has 1 fully saturated rings.